The van der Waals surface area contributed by atoms with Gasteiger partial charge in [-0.2, -0.15) is 0 Å². The summed E-state index contributed by atoms with van der Waals surface area (Å²) in [5.41, 5.74) is 5.64. The first-order valence-corrected chi connectivity index (χ1v) is 15.1. The molecule has 0 spiro atoms. The van der Waals surface area contributed by atoms with Gasteiger partial charge in [0.25, 0.3) is 0 Å². The van der Waals surface area contributed by atoms with Gasteiger partial charge >= 0.3 is 5.97 Å². The third-order valence-electron chi connectivity index (χ3n) is 8.02. The lowest BCUT2D eigenvalue weighted by Gasteiger charge is -2.37. The van der Waals surface area contributed by atoms with E-state index in [4.69, 9.17) is 14.6 Å². The van der Waals surface area contributed by atoms with Crippen molar-refractivity contribution in [2.75, 3.05) is 32.9 Å². The molecule has 0 aliphatic carbocycles. The molecule has 0 aromatic heterocycles. The third-order valence-corrected chi connectivity index (χ3v) is 8.02. The number of aromatic hydroxyl groups is 2. The van der Waals surface area contributed by atoms with Crippen LogP contribution in [0.25, 0.3) is 11.1 Å². The van der Waals surface area contributed by atoms with Gasteiger partial charge in [-0.15, -0.1) is 0 Å². The van der Waals surface area contributed by atoms with Crippen LogP contribution in [0.5, 0.6) is 23.0 Å². The van der Waals surface area contributed by atoms with Crippen LogP contribution in [0.4, 0.5) is 4.39 Å². The molecular weight excluding hydrogens is 573 g/mol. The summed E-state index contributed by atoms with van der Waals surface area (Å²) in [7, 11) is 0. The van der Waals surface area contributed by atoms with E-state index in [2.05, 4.69) is 4.90 Å². The Kier molecular flexibility index (Phi) is 10.4. The zero-order valence-corrected chi connectivity index (χ0v) is 25.2. The quantitative estimate of drug-likeness (QED) is 0.175. The number of rotatable bonds is 10. The van der Waals surface area contributed by atoms with Crippen LogP contribution in [0.1, 0.15) is 41.7 Å². The molecule has 234 valence electrons. The first-order chi connectivity index (χ1) is 21.8. The monoisotopic (exact) mass is 611 g/mol. The topological polar surface area (TPSA) is 99.5 Å². The van der Waals surface area contributed by atoms with Crippen LogP contribution in [-0.4, -0.2) is 59.1 Å². The molecule has 4 aromatic carbocycles. The highest BCUT2D eigenvalue weighted by molar-refractivity contribution is 5.95. The molecule has 3 N–H and O–H groups in total. The lowest BCUT2D eigenvalue weighted by atomic mass is 9.86. The molecule has 0 amide bonds. The molecule has 2 aliphatic heterocycles. The molecule has 6 rings (SSSR count). The van der Waals surface area contributed by atoms with Gasteiger partial charge < -0.3 is 24.8 Å². The maximum Gasteiger partial charge on any atom is 0.303 e. The number of likely N-dealkylation sites (tertiary alicyclic amines) is 1. The van der Waals surface area contributed by atoms with Crippen molar-refractivity contribution in [3.8, 4) is 23.0 Å². The predicted molar refractivity (Wildman–Crippen MR) is 172 cm³/mol. The number of phenolic OH excluding ortho intramolecular Hbond substituents is 2. The largest absolute Gasteiger partial charge is 0.508 e. The molecule has 2 heterocycles. The maximum atomic E-state index is 12.6. The van der Waals surface area contributed by atoms with Gasteiger partial charge in [0.15, 0.2) is 0 Å². The van der Waals surface area contributed by atoms with Gasteiger partial charge in [-0.3, -0.25) is 14.1 Å². The summed E-state index contributed by atoms with van der Waals surface area (Å²) in [6, 6.07) is 29.7. The first kappa shape index (κ1) is 31.6. The van der Waals surface area contributed by atoms with Gasteiger partial charge in [-0.05, 0) is 78.1 Å². The molecule has 1 atom stereocenters. The number of fused-ring (bicyclic) bond motifs is 1. The van der Waals surface area contributed by atoms with Crippen LogP contribution >= 0.6 is 0 Å². The molecule has 45 heavy (non-hydrogen) atoms. The Balaban J connectivity index is 0.000000309. The molecule has 2 aliphatic rings. The predicted octanol–water partition coefficient (Wildman–Crippen LogP) is 7.15. The first-order valence-electron chi connectivity index (χ1n) is 15.1. The Morgan fingerprint density at radius 2 is 1.67 bits per heavy atom. The van der Waals surface area contributed by atoms with Gasteiger partial charge in [0.2, 0.25) is 0 Å². The Bertz CT molecular complexity index is 1620. The number of phenols is 2. The fourth-order valence-electron chi connectivity index (χ4n) is 5.60. The molecule has 1 fully saturated rings. The third kappa shape index (κ3) is 8.22. The van der Waals surface area contributed by atoms with E-state index in [9.17, 15) is 19.4 Å². The minimum absolute atomic E-state index is 0.176. The number of aliphatic carboxylic acids is 1. The number of benzene rings is 4. The zero-order valence-electron chi connectivity index (χ0n) is 25.2. The molecular formula is C37H38FNO6. The molecule has 0 bridgehead atoms. The molecule has 1 saturated heterocycles. The van der Waals surface area contributed by atoms with Gasteiger partial charge in [-0.25, -0.2) is 0 Å². The highest BCUT2D eigenvalue weighted by Crippen LogP contribution is 2.47. The van der Waals surface area contributed by atoms with Gasteiger partial charge in [-0.1, -0.05) is 54.6 Å². The minimum Gasteiger partial charge on any atom is -0.508 e. The van der Waals surface area contributed by atoms with E-state index in [0.717, 1.165) is 58.8 Å². The summed E-state index contributed by atoms with van der Waals surface area (Å²) < 4.78 is 24.9. The van der Waals surface area contributed by atoms with Crippen molar-refractivity contribution in [3.63, 3.8) is 0 Å². The van der Waals surface area contributed by atoms with Gasteiger partial charge in [0.05, 0.1) is 6.67 Å². The minimum atomic E-state index is -0.742. The SMILES string of the molecule is CC1=C(c2cccc(O)c2)[C@@H](c2ccc(OCCN3CC(CF)C3)cc2)Oc2ccc(O)cc21.O=C(O)CCc1ccccc1. The van der Waals surface area contributed by atoms with Crippen molar-refractivity contribution in [2.24, 2.45) is 5.92 Å². The number of ether oxygens (including phenoxy) is 2. The smallest absolute Gasteiger partial charge is 0.303 e. The van der Waals surface area contributed by atoms with Crippen LogP contribution in [-0.2, 0) is 11.2 Å². The van der Waals surface area contributed by atoms with E-state index >= 15 is 0 Å². The van der Waals surface area contributed by atoms with Crippen molar-refractivity contribution >= 4 is 17.1 Å². The molecule has 7 nitrogen and oxygen atoms in total. The Hall–Kier alpha value is -4.82. The second-order valence-electron chi connectivity index (χ2n) is 11.3. The fourth-order valence-corrected chi connectivity index (χ4v) is 5.60. The highest BCUT2D eigenvalue weighted by atomic mass is 19.1. The lowest BCUT2D eigenvalue weighted by molar-refractivity contribution is -0.136. The summed E-state index contributed by atoms with van der Waals surface area (Å²) in [4.78, 5) is 12.4. The summed E-state index contributed by atoms with van der Waals surface area (Å²) >= 11 is 0. The number of alkyl halides is 1. The molecule has 0 unspecified atom stereocenters. The number of hydrogen-bond donors (Lipinski definition) is 3. The summed E-state index contributed by atoms with van der Waals surface area (Å²) in [5.74, 6) is 1.27. The molecule has 0 radical (unpaired) electrons. The summed E-state index contributed by atoms with van der Waals surface area (Å²) in [5, 5.41) is 28.5. The van der Waals surface area contributed by atoms with Crippen molar-refractivity contribution in [3.05, 3.63) is 119 Å². The number of carboxylic acid groups (broad SMARTS) is 1. The Morgan fingerprint density at radius 3 is 2.36 bits per heavy atom. The normalized spacial score (nSPS) is 16.1. The molecule has 8 heteroatoms. The summed E-state index contributed by atoms with van der Waals surface area (Å²) in [6.45, 7) is 4.72. The van der Waals surface area contributed by atoms with E-state index in [1.807, 2.05) is 73.7 Å². The van der Waals surface area contributed by atoms with Crippen molar-refractivity contribution in [1.29, 1.82) is 0 Å². The second kappa shape index (κ2) is 14.8. The van der Waals surface area contributed by atoms with Gasteiger partial charge in [0.1, 0.15) is 35.7 Å². The average molecular weight is 612 g/mol. The van der Waals surface area contributed by atoms with Crippen LogP contribution in [0.15, 0.2) is 97.1 Å². The zero-order chi connectivity index (χ0) is 31.8. The van der Waals surface area contributed by atoms with Crippen molar-refractivity contribution in [2.45, 2.75) is 25.9 Å². The highest BCUT2D eigenvalue weighted by Gasteiger charge is 2.30. The van der Waals surface area contributed by atoms with Gasteiger partial charge in [0, 0.05) is 43.1 Å². The van der Waals surface area contributed by atoms with Crippen molar-refractivity contribution in [1.82, 2.24) is 4.90 Å². The number of hydrogen-bond acceptors (Lipinski definition) is 6. The van der Waals surface area contributed by atoms with Crippen LogP contribution in [0.2, 0.25) is 0 Å². The fraction of sp³-hybridized carbons (Fsp3) is 0.270. The van der Waals surface area contributed by atoms with Crippen LogP contribution in [0, 0.1) is 5.92 Å². The maximum absolute atomic E-state index is 12.6. The number of carboxylic acids is 1. The second-order valence-corrected chi connectivity index (χ2v) is 11.3. The molecule has 4 aromatic rings. The van der Waals surface area contributed by atoms with E-state index in [1.165, 1.54) is 0 Å². The number of carbonyl (C=O) groups is 1. The summed E-state index contributed by atoms with van der Waals surface area (Å²) in [6.07, 6.45) is 0.451. The molecule has 0 saturated carbocycles. The van der Waals surface area contributed by atoms with E-state index < -0.39 is 5.97 Å². The van der Waals surface area contributed by atoms with E-state index in [1.54, 1.807) is 30.3 Å². The Labute approximate surface area is 262 Å². The van der Waals surface area contributed by atoms with Crippen LogP contribution in [0.3, 0.4) is 0 Å². The standard InChI is InChI=1S/C28H28FNO4.C9H10O2/c1-18-25-14-23(32)7-10-26(25)34-28(27(18)21-3-2-4-22(31)13-21)20-5-8-24(9-6-20)33-12-11-30-16-19(15-29)17-30;10-9(11)7-6-8-4-2-1-3-5-8/h2-10,13-14,19,28,31-32H,11-12,15-17H2,1H3;1-5H,6-7H2,(H,10,11)/t28-;/m1./s1. The number of nitrogens with zero attached hydrogens (tertiary/aromatic N) is 1. The number of aryl methyl sites for hydroxylation is 1. The average Bonchev–Trinajstić information content (AvgIpc) is 3.02. The van der Waals surface area contributed by atoms with Crippen LogP contribution < -0.4 is 9.47 Å². The van der Waals surface area contributed by atoms with Crippen molar-refractivity contribution < 1.29 is 34.0 Å². The van der Waals surface area contributed by atoms with E-state index in [-0.39, 0.29) is 36.6 Å². The number of halogens is 1. The number of allylic oxidation sites excluding steroid dienone is 1. The Morgan fingerprint density at radius 1 is 0.933 bits per heavy atom. The van der Waals surface area contributed by atoms with E-state index in [0.29, 0.717) is 18.8 Å². The lowest BCUT2D eigenvalue weighted by Crippen LogP contribution is -2.49.